The highest BCUT2D eigenvalue weighted by Crippen LogP contribution is 2.26. The van der Waals surface area contributed by atoms with E-state index in [1.165, 1.54) is 0 Å². The molecule has 0 spiro atoms. The lowest BCUT2D eigenvalue weighted by Crippen LogP contribution is -2.01. The summed E-state index contributed by atoms with van der Waals surface area (Å²) in [5, 5.41) is 0. The first kappa shape index (κ1) is 14.5. The number of alkyl halides is 1. The quantitative estimate of drug-likeness (QED) is 0.528. The van der Waals surface area contributed by atoms with Crippen LogP contribution in [0.25, 0.3) is 0 Å². The third kappa shape index (κ3) is 5.09. The molecule has 0 radical (unpaired) electrons. The summed E-state index contributed by atoms with van der Waals surface area (Å²) >= 11 is 7.80. The minimum atomic E-state index is 0.461. The normalized spacial score (nSPS) is 10.3. The van der Waals surface area contributed by atoms with Crippen molar-refractivity contribution in [3.63, 3.8) is 0 Å². The summed E-state index contributed by atoms with van der Waals surface area (Å²) in [5.41, 5.74) is 1.01. The molecule has 0 aliphatic carbocycles. The van der Waals surface area contributed by atoms with E-state index >= 15 is 0 Å². The molecule has 2 nitrogen and oxygen atoms in total. The summed E-state index contributed by atoms with van der Waals surface area (Å²) in [5.74, 6) is 4.39. The van der Waals surface area contributed by atoms with Gasteiger partial charge in [-0.25, -0.2) is 0 Å². The van der Waals surface area contributed by atoms with Gasteiger partial charge in [0, 0.05) is 11.6 Å². The number of ether oxygens (including phenoxy) is 2. The Morgan fingerprint density at radius 1 is 1.35 bits per heavy atom. The van der Waals surface area contributed by atoms with Gasteiger partial charge in [-0.2, -0.15) is 11.8 Å². The Balaban J connectivity index is 2.49. The van der Waals surface area contributed by atoms with Gasteiger partial charge in [0.15, 0.2) is 0 Å². The summed E-state index contributed by atoms with van der Waals surface area (Å²) in [6.07, 6.45) is 1.05. The maximum atomic E-state index is 5.87. The van der Waals surface area contributed by atoms with Crippen molar-refractivity contribution in [2.75, 3.05) is 25.2 Å². The zero-order valence-corrected chi connectivity index (χ0v) is 11.9. The maximum Gasteiger partial charge on any atom is 0.127 e. The topological polar surface area (TPSA) is 18.5 Å². The summed E-state index contributed by atoms with van der Waals surface area (Å²) in [7, 11) is 1.65. The van der Waals surface area contributed by atoms with Crippen molar-refractivity contribution >= 4 is 23.4 Å². The van der Waals surface area contributed by atoms with Gasteiger partial charge in [-0.3, -0.25) is 0 Å². The van der Waals surface area contributed by atoms with Crippen LogP contribution >= 0.6 is 23.4 Å². The molecule has 0 aliphatic rings. The fourth-order valence-electron chi connectivity index (χ4n) is 1.39. The van der Waals surface area contributed by atoms with Crippen LogP contribution in [-0.4, -0.2) is 25.2 Å². The van der Waals surface area contributed by atoms with Gasteiger partial charge >= 0.3 is 0 Å². The molecule has 0 unspecified atom stereocenters. The zero-order chi connectivity index (χ0) is 12.5. The molecule has 0 saturated heterocycles. The average Bonchev–Trinajstić information content (AvgIpc) is 2.38. The van der Waals surface area contributed by atoms with Crippen molar-refractivity contribution in [3.8, 4) is 11.5 Å². The molecule has 0 N–H and O–H groups in total. The van der Waals surface area contributed by atoms with Crippen molar-refractivity contribution in [2.24, 2.45) is 0 Å². The summed E-state index contributed by atoms with van der Waals surface area (Å²) < 4.78 is 10.9. The number of benzene rings is 1. The number of halogens is 1. The van der Waals surface area contributed by atoms with E-state index in [-0.39, 0.29) is 0 Å². The minimum absolute atomic E-state index is 0.461. The van der Waals surface area contributed by atoms with Crippen LogP contribution in [-0.2, 0) is 5.88 Å². The molecular formula is C13H19ClO2S. The second kappa shape index (κ2) is 8.54. The minimum Gasteiger partial charge on any atom is -0.497 e. The summed E-state index contributed by atoms with van der Waals surface area (Å²) in [6, 6.07) is 5.74. The molecule has 0 bridgehead atoms. The van der Waals surface area contributed by atoms with Gasteiger partial charge in [0.1, 0.15) is 11.5 Å². The van der Waals surface area contributed by atoms with Crippen LogP contribution in [0.4, 0.5) is 0 Å². The lowest BCUT2D eigenvalue weighted by Gasteiger charge is -2.11. The molecule has 1 aromatic carbocycles. The highest BCUT2D eigenvalue weighted by atomic mass is 35.5. The second-order valence-electron chi connectivity index (χ2n) is 3.51. The van der Waals surface area contributed by atoms with Crippen molar-refractivity contribution in [2.45, 2.75) is 19.2 Å². The lowest BCUT2D eigenvalue weighted by atomic mass is 10.2. The third-order valence-corrected chi connectivity index (χ3v) is 3.59. The average molecular weight is 275 g/mol. The number of thioether (sulfide) groups is 1. The summed E-state index contributed by atoms with van der Waals surface area (Å²) in [4.78, 5) is 0. The standard InChI is InChI=1S/C13H19ClO2S/c1-3-17-8-4-7-16-13-9-12(15-2)6-5-11(13)10-14/h5-6,9H,3-4,7-8,10H2,1-2H3. The van der Waals surface area contributed by atoms with E-state index in [0.717, 1.165) is 41.6 Å². The van der Waals surface area contributed by atoms with E-state index in [9.17, 15) is 0 Å². The lowest BCUT2D eigenvalue weighted by molar-refractivity contribution is 0.313. The van der Waals surface area contributed by atoms with Gasteiger partial charge in [-0.05, 0) is 24.0 Å². The highest BCUT2D eigenvalue weighted by Gasteiger charge is 2.04. The van der Waals surface area contributed by atoms with Crippen LogP contribution in [0.5, 0.6) is 11.5 Å². The number of hydrogen-bond donors (Lipinski definition) is 0. The van der Waals surface area contributed by atoms with Crippen molar-refractivity contribution in [1.82, 2.24) is 0 Å². The fourth-order valence-corrected chi connectivity index (χ4v) is 2.23. The molecule has 0 amide bonds. The Morgan fingerprint density at radius 3 is 2.82 bits per heavy atom. The predicted octanol–water partition coefficient (Wildman–Crippen LogP) is 3.96. The molecule has 0 aromatic heterocycles. The number of methoxy groups -OCH3 is 1. The highest BCUT2D eigenvalue weighted by molar-refractivity contribution is 7.99. The van der Waals surface area contributed by atoms with E-state index in [2.05, 4.69) is 6.92 Å². The van der Waals surface area contributed by atoms with E-state index in [4.69, 9.17) is 21.1 Å². The SMILES string of the molecule is CCSCCCOc1cc(OC)ccc1CCl. The Morgan fingerprint density at radius 2 is 2.18 bits per heavy atom. The van der Waals surface area contributed by atoms with Gasteiger partial charge < -0.3 is 9.47 Å². The van der Waals surface area contributed by atoms with Gasteiger partial charge in [0.05, 0.1) is 19.6 Å². The van der Waals surface area contributed by atoms with Crippen LogP contribution in [0.2, 0.25) is 0 Å². The van der Waals surface area contributed by atoms with Crippen LogP contribution in [0.3, 0.4) is 0 Å². The maximum absolute atomic E-state index is 5.87. The Hall–Kier alpha value is -0.540. The third-order valence-electron chi connectivity index (χ3n) is 2.31. The van der Waals surface area contributed by atoms with E-state index < -0.39 is 0 Å². The molecule has 96 valence electrons. The van der Waals surface area contributed by atoms with Gasteiger partial charge in [-0.1, -0.05) is 13.0 Å². The molecule has 0 heterocycles. The fraction of sp³-hybridized carbons (Fsp3) is 0.538. The van der Waals surface area contributed by atoms with E-state index in [1.54, 1.807) is 7.11 Å². The Bertz CT molecular complexity index is 331. The molecule has 17 heavy (non-hydrogen) atoms. The van der Waals surface area contributed by atoms with Gasteiger partial charge in [-0.15, -0.1) is 11.6 Å². The van der Waals surface area contributed by atoms with Gasteiger partial charge in [0.25, 0.3) is 0 Å². The van der Waals surface area contributed by atoms with Gasteiger partial charge in [0.2, 0.25) is 0 Å². The van der Waals surface area contributed by atoms with Crippen molar-refractivity contribution in [3.05, 3.63) is 23.8 Å². The molecule has 0 fully saturated rings. The van der Waals surface area contributed by atoms with E-state index in [1.807, 2.05) is 30.0 Å². The van der Waals surface area contributed by atoms with Crippen LogP contribution < -0.4 is 9.47 Å². The smallest absolute Gasteiger partial charge is 0.127 e. The monoisotopic (exact) mass is 274 g/mol. The largest absolute Gasteiger partial charge is 0.497 e. The molecule has 0 atom stereocenters. The number of hydrogen-bond acceptors (Lipinski definition) is 3. The molecular weight excluding hydrogens is 256 g/mol. The molecule has 4 heteroatoms. The van der Waals surface area contributed by atoms with Crippen molar-refractivity contribution in [1.29, 1.82) is 0 Å². The Kier molecular flexibility index (Phi) is 7.29. The first-order valence-electron chi connectivity index (χ1n) is 5.75. The molecule has 0 aliphatic heterocycles. The van der Waals surface area contributed by atoms with Crippen LogP contribution in [0.15, 0.2) is 18.2 Å². The molecule has 1 aromatic rings. The first-order chi connectivity index (χ1) is 8.31. The second-order valence-corrected chi connectivity index (χ2v) is 5.17. The first-order valence-corrected chi connectivity index (χ1v) is 7.44. The molecule has 0 saturated carbocycles. The van der Waals surface area contributed by atoms with Crippen LogP contribution in [0.1, 0.15) is 18.9 Å². The summed E-state index contributed by atoms with van der Waals surface area (Å²) in [6.45, 7) is 2.89. The van der Waals surface area contributed by atoms with Crippen molar-refractivity contribution < 1.29 is 9.47 Å². The van der Waals surface area contributed by atoms with Crippen LogP contribution in [0, 0.1) is 0 Å². The molecule has 1 rings (SSSR count). The zero-order valence-electron chi connectivity index (χ0n) is 10.4. The predicted molar refractivity (Wildman–Crippen MR) is 75.7 cm³/mol. The Labute approximate surface area is 113 Å². The van der Waals surface area contributed by atoms with E-state index in [0.29, 0.717) is 5.88 Å². The number of rotatable bonds is 8.